The van der Waals surface area contributed by atoms with E-state index in [2.05, 4.69) is 65.9 Å². The maximum absolute atomic E-state index is 2.58. The van der Waals surface area contributed by atoms with Gasteiger partial charge in [-0.15, -0.1) is 6.54 Å². The fourth-order valence-electron chi connectivity index (χ4n) is 4.06. The quantitative estimate of drug-likeness (QED) is 0.488. The van der Waals surface area contributed by atoms with E-state index in [9.17, 15) is 0 Å². The summed E-state index contributed by atoms with van der Waals surface area (Å²) < 4.78 is 0. The van der Waals surface area contributed by atoms with Crippen LogP contribution in [-0.4, -0.2) is 24.5 Å². The van der Waals surface area contributed by atoms with Crippen molar-refractivity contribution in [3.8, 4) is 0 Å². The van der Waals surface area contributed by atoms with Crippen LogP contribution in [0.5, 0.6) is 0 Å². The molecule has 4 rings (SSSR count). The van der Waals surface area contributed by atoms with Crippen LogP contribution in [-0.2, 0) is 12.8 Å². The molecule has 0 amide bonds. The van der Waals surface area contributed by atoms with Crippen LogP contribution in [0.3, 0.4) is 0 Å². The summed E-state index contributed by atoms with van der Waals surface area (Å²) in [5.74, 6) is 0. The summed E-state index contributed by atoms with van der Waals surface area (Å²) in [6.07, 6.45) is 10.9. The summed E-state index contributed by atoms with van der Waals surface area (Å²) in [5, 5.41) is 0. The molecule has 1 aliphatic heterocycles. The minimum Gasteiger partial charge on any atom is -0.332 e. The van der Waals surface area contributed by atoms with Crippen LogP contribution in [0.4, 0.5) is 0 Å². The zero-order chi connectivity index (χ0) is 16.2. The summed E-state index contributed by atoms with van der Waals surface area (Å²) in [5.41, 5.74) is 7.30. The van der Waals surface area contributed by atoms with Crippen LogP contribution in [0.25, 0.3) is 5.57 Å². The van der Waals surface area contributed by atoms with Crippen LogP contribution in [0, 0.1) is 37.5 Å². The number of likely N-dealkylation sites (tertiary alicyclic amines) is 1. The van der Waals surface area contributed by atoms with Crippen molar-refractivity contribution in [3.05, 3.63) is 83.3 Å². The van der Waals surface area contributed by atoms with E-state index in [-0.39, 0.29) is 31.1 Å². The van der Waals surface area contributed by atoms with E-state index in [1.807, 2.05) is 0 Å². The first-order chi connectivity index (χ1) is 11.9. The normalized spacial score (nSPS) is 17.0. The van der Waals surface area contributed by atoms with Crippen LogP contribution >= 0.6 is 0 Å². The summed E-state index contributed by atoms with van der Waals surface area (Å²) in [4.78, 5) is 2.58. The fraction of sp³-hybridized carbons (Fsp3) is 0.348. The second-order valence-corrected chi connectivity index (χ2v) is 6.95. The van der Waals surface area contributed by atoms with Gasteiger partial charge in [0.05, 0.1) is 0 Å². The maximum Gasteiger partial charge on any atom is 0 e. The molecule has 2 heteroatoms. The van der Waals surface area contributed by atoms with Crippen molar-refractivity contribution in [1.29, 1.82) is 0 Å². The van der Waals surface area contributed by atoms with Gasteiger partial charge >= 0.3 is 0 Å². The molecule has 0 spiro atoms. The monoisotopic (exact) mass is 554 g/mol. The molecule has 2 aromatic carbocycles. The molecule has 128 valence electrons. The first-order valence-electron chi connectivity index (χ1n) is 9.32. The average Bonchev–Trinajstić information content (AvgIpc) is 2.80. The Morgan fingerprint density at radius 1 is 0.920 bits per heavy atom. The minimum atomic E-state index is 0. The van der Waals surface area contributed by atoms with E-state index in [1.165, 1.54) is 53.8 Å². The Kier molecular flexibility index (Phi) is 7.00. The number of rotatable bonds is 3. The van der Waals surface area contributed by atoms with E-state index in [1.54, 1.807) is 0 Å². The zero-order valence-corrected chi connectivity index (χ0v) is 19.0. The van der Waals surface area contributed by atoms with E-state index in [4.69, 9.17) is 0 Å². The van der Waals surface area contributed by atoms with Gasteiger partial charge in [0, 0.05) is 31.1 Å². The second kappa shape index (κ2) is 9.22. The molecule has 2 aromatic rings. The van der Waals surface area contributed by atoms with Gasteiger partial charge < -0.3 is 11.3 Å². The minimum absolute atomic E-state index is 0. The predicted octanol–water partition coefficient (Wildman–Crippen LogP) is 4.91. The topological polar surface area (TPSA) is 3.24 Å². The van der Waals surface area contributed by atoms with Gasteiger partial charge in [-0.05, 0) is 60.2 Å². The molecule has 0 saturated carbocycles. The molecular formula is C23H26NU-. The van der Waals surface area contributed by atoms with Gasteiger partial charge in [-0.2, -0.15) is 6.42 Å². The molecule has 0 aromatic heterocycles. The molecule has 0 atom stereocenters. The number of nitrogens with zero attached hydrogens (tertiary/aromatic N) is 1. The van der Waals surface area contributed by atoms with E-state index >= 15 is 0 Å². The van der Waals surface area contributed by atoms with Crippen LogP contribution < -0.4 is 0 Å². The SMILES string of the molecule is C(CCN1C[CH-]CCC1)=C1c2ccccc2CCc2ccccc21.[U]. The molecule has 2 aliphatic rings. The van der Waals surface area contributed by atoms with Crippen LogP contribution in [0.15, 0.2) is 54.6 Å². The molecule has 0 unspecified atom stereocenters. The van der Waals surface area contributed by atoms with Crippen LogP contribution in [0.2, 0.25) is 0 Å². The smallest absolute Gasteiger partial charge is 0 e. The number of benzene rings is 2. The van der Waals surface area contributed by atoms with Gasteiger partial charge in [0.2, 0.25) is 0 Å². The third-order valence-corrected chi connectivity index (χ3v) is 5.34. The van der Waals surface area contributed by atoms with E-state index < -0.39 is 0 Å². The van der Waals surface area contributed by atoms with E-state index in [0.29, 0.717) is 0 Å². The second-order valence-electron chi connectivity index (χ2n) is 6.95. The van der Waals surface area contributed by atoms with Crippen molar-refractivity contribution < 1.29 is 31.1 Å². The Hall–Kier alpha value is -0.808. The predicted molar refractivity (Wildman–Crippen MR) is 102 cm³/mol. The Balaban J connectivity index is 0.00000182. The molecule has 1 aliphatic carbocycles. The third kappa shape index (κ3) is 4.48. The molecule has 25 heavy (non-hydrogen) atoms. The van der Waals surface area contributed by atoms with Crippen LogP contribution in [0.1, 0.15) is 41.5 Å². The first kappa shape index (κ1) is 19.0. The maximum atomic E-state index is 2.58. The summed E-state index contributed by atoms with van der Waals surface area (Å²) >= 11 is 0. The zero-order valence-electron chi connectivity index (χ0n) is 14.9. The number of fused-ring (bicyclic) bond motifs is 2. The fourth-order valence-corrected chi connectivity index (χ4v) is 4.06. The Morgan fingerprint density at radius 2 is 1.56 bits per heavy atom. The van der Waals surface area contributed by atoms with Gasteiger partial charge in [0.15, 0.2) is 0 Å². The first-order valence-corrected chi connectivity index (χ1v) is 9.32. The van der Waals surface area contributed by atoms with Crippen molar-refractivity contribution in [2.45, 2.75) is 32.1 Å². The van der Waals surface area contributed by atoms with Crippen molar-refractivity contribution in [2.24, 2.45) is 0 Å². The molecule has 1 nitrogen and oxygen atoms in total. The summed E-state index contributed by atoms with van der Waals surface area (Å²) in [7, 11) is 0. The molecular weight excluding hydrogens is 528 g/mol. The number of hydrogen-bond acceptors (Lipinski definition) is 1. The van der Waals surface area contributed by atoms with Crippen molar-refractivity contribution in [3.63, 3.8) is 0 Å². The Morgan fingerprint density at radius 3 is 2.16 bits per heavy atom. The molecule has 1 saturated heterocycles. The number of hydrogen-bond donors (Lipinski definition) is 0. The van der Waals surface area contributed by atoms with Crippen molar-refractivity contribution >= 4 is 5.57 Å². The van der Waals surface area contributed by atoms with Gasteiger partial charge in [-0.3, -0.25) is 0 Å². The van der Waals surface area contributed by atoms with Gasteiger partial charge in [0.1, 0.15) is 0 Å². The van der Waals surface area contributed by atoms with Gasteiger partial charge in [0.25, 0.3) is 0 Å². The van der Waals surface area contributed by atoms with Crippen molar-refractivity contribution in [2.75, 3.05) is 19.6 Å². The summed E-state index contributed by atoms with van der Waals surface area (Å²) in [6.45, 7) is 3.59. The van der Waals surface area contributed by atoms with Gasteiger partial charge in [-0.1, -0.05) is 61.0 Å². The Bertz CT molecular complexity index is 679. The Labute approximate surface area is 175 Å². The third-order valence-electron chi connectivity index (χ3n) is 5.34. The summed E-state index contributed by atoms with van der Waals surface area (Å²) in [6, 6.07) is 17.9. The molecule has 1 heterocycles. The van der Waals surface area contributed by atoms with Crippen molar-refractivity contribution in [1.82, 2.24) is 4.90 Å². The largest absolute Gasteiger partial charge is 0.332 e. The molecule has 1 fully saturated rings. The molecule has 0 bridgehead atoms. The molecule has 0 N–H and O–H groups in total. The molecule has 0 radical (unpaired) electrons. The standard InChI is InChI=1S/C23H26N.U/c1-6-16-24(17-7-1)18-8-13-23-21-11-4-2-9-19(21)14-15-20-10-3-5-12-22(20)23;/h2-6,9-13H,1,7-8,14-18H2;/q-1;. The van der Waals surface area contributed by atoms with Gasteiger partial charge in [-0.25, -0.2) is 0 Å². The average molecular weight is 554 g/mol. The number of aryl methyl sites for hydroxylation is 2. The van der Waals surface area contributed by atoms with E-state index in [0.717, 1.165) is 25.8 Å². The number of piperidine rings is 1.